The van der Waals surface area contributed by atoms with E-state index in [1.807, 2.05) is 26.0 Å². The normalized spacial score (nSPS) is 19.4. The van der Waals surface area contributed by atoms with Crippen LogP contribution in [0.3, 0.4) is 0 Å². The molecule has 0 spiro atoms. The third-order valence-electron chi connectivity index (χ3n) is 5.00. The Hall–Kier alpha value is -1.40. The Morgan fingerprint density at radius 1 is 1.00 bits per heavy atom. The van der Waals surface area contributed by atoms with Gasteiger partial charge in [-0.3, -0.25) is 4.79 Å². The van der Waals surface area contributed by atoms with E-state index in [-0.39, 0.29) is 11.8 Å². The summed E-state index contributed by atoms with van der Waals surface area (Å²) in [5.41, 5.74) is 2.46. The highest BCUT2D eigenvalue weighted by molar-refractivity contribution is 7.89. The highest BCUT2D eigenvalue weighted by atomic mass is 32.2. The van der Waals surface area contributed by atoms with E-state index < -0.39 is 10.0 Å². The van der Waals surface area contributed by atoms with Gasteiger partial charge in [-0.25, -0.2) is 8.42 Å². The number of amides is 1. The number of fused-ring (bicyclic) bond motifs is 1. The van der Waals surface area contributed by atoms with Crippen molar-refractivity contribution in [3.63, 3.8) is 0 Å². The second-order valence-corrected chi connectivity index (χ2v) is 8.96. The Labute approximate surface area is 144 Å². The average molecular weight is 350 g/mol. The quantitative estimate of drug-likeness (QED) is 0.838. The van der Waals surface area contributed by atoms with E-state index >= 15 is 0 Å². The summed E-state index contributed by atoms with van der Waals surface area (Å²) in [7, 11) is -3.47. The van der Waals surface area contributed by atoms with Gasteiger partial charge in [0.2, 0.25) is 15.9 Å². The van der Waals surface area contributed by atoms with Gasteiger partial charge in [-0.05, 0) is 48.9 Å². The first-order valence-electron chi connectivity index (χ1n) is 8.80. The van der Waals surface area contributed by atoms with Crippen LogP contribution in [-0.4, -0.2) is 49.7 Å². The lowest BCUT2D eigenvalue weighted by atomic mass is 9.92. The third-order valence-corrected chi connectivity index (χ3v) is 6.90. The van der Waals surface area contributed by atoms with E-state index in [4.69, 9.17) is 0 Å². The minimum Gasteiger partial charge on any atom is -0.340 e. The molecule has 5 nitrogen and oxygen atoms in total. The van der Waals surface area contributed by atoms with Gasteiger partial charge in [0.05, 0.1) is 4.90 Å². The van der Waals surface area contributed by atoms with Gasteiger partial charge in [-0.15, -0.1) is 0 Å². The maximum absolute atomic E-state index is 12.9. The number of piperazine rings is 1. The van der Waals surface area contributed by atoms with Crippen LogP contribution in [0.5, 0.6) is 0 Å². The minimum atomic E-state index is -3.47. The summed E-state index contributed by atoms with van der Waals surface area (Å²) in [6.45, 7) is 5.44. The molecule has 24 heavy (non-hydrogen) atoms. The number of sulfonamides is 1. The Bertz CT molecular complexity index is 720. The molecule has 0 radical (unpaired) electrons. The van der Waals surface area contributed by atoms with Gasteiger partial charge in [0.1, 0.15) is 0 Å². The van der Waals surface area contributed by atoms with Crippen molar-refractivity contribution in [3.8, 4) is 0 Å². The molecule has 1 heterocycles. The van der Waals surface area contributed by atoms with E-state index in [9.17, 15) is 13.2 Å². The molecule has 6 heteroatoms. The molecule has 0 atom stereocenters. The predicted octanol–water partition coefficient (Wildman–Crippen LogP) is 2.05. The molecule has 0 unspecified atom stereocenters. The van der Waals surface area contributed by atoms with Crippen molar-refractivity contribution in [1.82, 2.24) is 9.21 Å². The molecular formula is C18H26N2O3S. The molecule has 0 bridgehead atoms. The molecule has 0 N–H and O–H groups in total. The van der Waals surface area contributed by atoms with Crippen molar-refractivity contribution in [2.75, 3.05) is 26.2 Å². The zero-order valence-corrected chi connectivity index (χ0v) is 15.3. The fourth-order valence-electron chi connectivity index (χ4n) is 3.53. The maximum atomic E-state index is 12.9. The van der Waals surface area contributed by atoms with Crippen LogP contribution in [0, 0.1) is 5.92 Å². The van der Waals surface area contributed by atoms with E-state index in [0.29, 0.717) is 31.1 Å². The molecule has 1 aliphatic carbocycles. The standard InChI is InChI=1S/C18H26N2O3S/c1-14(2)18(21)19-9-11-20(12-10-19)24(22,23)17-8-7-15-5-3-4-6-16(15)13-17/h7-8,13-14H,3-6,9-12H2,1-2H3. The molecule has 0 aromatic heterocycles. The molecule has 1 aliphatic heterocycles. The third kappa shape index (κ3) is 3.35. The maximum Gasteiger partial charge on any atom is 0.243 e. The molecule has 1 amide bonds. The van der Waals surface area contributed by atoms with E-state index in [1.54, 1.807) is 11.0 Å². The van der Waals surface area contributed by atoms with Crippen LogP contribution in [0.1, 0.15) is 37.8 Å². The summed E-state index contributed by atoms with van der Waals surface area (Å²) in [6, 6.07) is 5.57. The van der Waals surface area contributed by atoms with Gasteiger partial charge in [0.25, 0.3) is 0 Å². The Kier molecular flexibility index (Phi) is 4.97. The molecular weight excluding hydrogens is 324 g/mol. The largest absolute Gasteiger partial charge is 0.340 e. The second-order valence-electron chi connectivity index (χ2n) is 7.02. The highest BCUT2D eigenvalue weighted by Gasteiger charge is 2.31. The summed E-state index contributed by atoms with van der Waals surface area (Å²) < 4.78 is 27.3. The summed E-state index contributed by atoms with van der Waals surface area (Å²) in [5.74, 6) is 0.0506. The lowest BCUT2D eigenvalue weighted by Crippen LogP contribution is -2.51. The summed E-state index contributed by atoms with van der Waals surface area (Å²) in [6.07, 6.45) is 4.33. The van der Waals surface area contributed by atoms with Crippen molar-refractivity contribution in [2.24, 2.45) is 5.92 Å². The molecule has 3 rings (SSSR count). The van der Waals surface area contributed by atoms with E-state index in [0.717, 1.165) is 19.3 Å². The topological polar surface area (TPSA) is 57.7 Å². The number of hydrogen-bond donors (Lipinski definition) is 0. The predicted molar refractivity (Wildman–Crippen MR) is 93.3 cm³/mol. The van der Waals surface area contributed by atoms with Gasteiger partial charge in [0.15, 0.2) is 0 Å². The number of carbonyl (C=O) groups excluding carboxylic acids is 1. The van der Waals surface area contributed by atoms with Gasteiger partial charge in [-0.2, -0.15) is 4.31 Å². The first-order valence-corrected chi connectivity index (χ1v) is 10.2. The lowest BCUT2D eigenvalue weighted by molar-refractivity contribution is -0.135. The zero-order valence-electron chi connectivity index (χ0n) is 14.5. The van der Waals surface area contributed by atoms with Crippen LogP contribution in [0.4, 0.5) is 0 Å². The number of nitrogens with zero attached hydrogens (tertiary/aromatic N) is 2. The van der Waals surface area contributed by atoms with Crippen LogP contribution >= 0.6 is 0 Å². The average Bonchev–Trinajstić information content (AvgIpc) is 2.60. The SMILES string of the molecule is CC(C)C(=O)N1CCN(S(=O)(=O)c2ccc3c(c2)CCCC3)CC1. The molecule has 1 aromatic rings. The van der Waals surface area contributed by atoms with Crippen molar-refractivity contribution >= 4 is 15.9 Å². The highest BCUT2D eigenvalue weighted by Crippen LogP contribution is 2.26. The first kappa shape index (κ1) is 17.4. The molecule has 0 saturated carbocycles. The fraction of sp³-hybridized carbons (Fsp3) is 0.611. The van der Waals surface area contributed by atoms with Crippen molar-refractivity contribution in [1.29, 1.82) is 0 Å². The number of benzene rings is 1. The zero-order chi connectivity index (χ0) is 17.3. The molecule has 1 aromatic carbocycles. The van der Waals surface area contributed by atoms with E-state index in [1.165, 1.54) is 21.9 Å². The fourth-order valence-corrected chi connectivity index (χ4v) is 5.01. The Morgan fingerprint density at radius 2 is 1.62 bits per heavy atom. The Morgan fingerprint density at radius 3 is 2.25 bits per heavy atom. The molecule has 2 aliphatic rings. The second kappa shape index (κ2) is 6.84. The van der Waals surface area contributed by atoms with Crippen LogP contribution in [0.15, 0.2) is 23.1 Å². The van der Waals surface area contributed by atoms with Crippen LogP contribution in [-0.2, 0) is 27.7 Å². The molecule has 1 fully saturated rings. The number of hydrogen-bond acceptors (Lipinski definition) is 3. The summed E-state index contributed by atoms with van der Waals surface area (Å²) in [5, 5.41) is 0. The van der Waals surface area contributed by atoms with Crippen molar-refractivity contribution in [3.05, 3.63) is 29.3 Å². The van der Waals surface area contributed by atoms with Crippen LogP contribution in [0.25, 0.3) is 0 Å². The molecule has 132 valence electrons. The minimum absolute atomic E-state index is 0.0474. The van der Waals surface area contributed by atoms with Gasteiger partial charge in [-0.1, -0.05) is 19.9 Å². The monoisotopic (exact) mass is 350 g/mol. The van der Waals surface area contributed by atoms with Crippen LogP contribution < -0.4 is 0 Å². The lowest BCUT2D eigenvalue weighted by Gasteiger charge is -2.35. The van der Waals surface area contributed by atoms with Crippen LogP contribution in [0.2, 0.25) is 0 Å². The van der Waals surface area contributed by atoms with Gasteiger partial charge in [0, 0.05) is 32.1 Å². The van der Waals surface area contributed by atoms with Gasteiger partial charge < -0.3 is 4.90 Å². The van der Waals surface area contributed by atoms with Crippen molar-refractivity contribution in [2.45, 2.75) is 44.4 Å². The van der Waals surface area contributed by atoms with Crippen molar-refractivity contribution < 1.29 is 13.2 Å². The van der Waals surface area contributed by atoms with E-state index in [2.05, 4.69) is 0 Å². The summed E-state index contributed by atoms with van der Waals surface area (Å²) in [4.78, 5) is 14.2. The summed E-state index contributed by atoms with van der Waals surface area (Å²) >= 11 is 0. The van der Waals surface area contributed by atoms with Gasteiger partial charge >= 0.3 is 0 Å². The smallest absolute Gasteiger partial charge is 0.243 e. The molecule has 1 saturated heterocycles. The Balaban J connectivity index is 1.74. The first-order chi connectivity index (χ1) is 11.4. The number of aryl methyl sites for hydroxylation is 2. The number of carbonyl (C=O) groups is 1. The number of rotatable bonds is 3.